The van der Waals surface area contributed by atoms with Crippen LogP contribution in [-0.4, -0.2) is 46.2 Å². The van der Waals surface area contributed by atoms with Gasteiger partial charge in [-0.1, -0.05) is 5.10 Å². The molecule has 7 nitrogen and oxygen atoms in total. The molecule has 3 saturated heterocycles. The van der Waals surface area contributed by atoms with Gasteiger partial charge < -0.3 is 14.5 Å². The predicted octanol–water partition coefficient (Wildman–Crippen LogP) is 2.07. The van der Waals surface area contributed by atoms with Gasteiger partial charge in [0.1, 0.15) is 5.75 Å². The van der Waals surface area contributed by atoms with E-state index < -0.39 is 0 Å². The number of carbonyl (C=O) groups is 1. The van der Waals surface area contributed by atoms with Crippen LogP contribution in [0.3, 0.4) is 0 Å². The zero-order valence-corrected chi connectivity index (χ0v) is 13.5. The summed E-state index contributed by atoms with van der Waals surface area (Å²) in [6.45, 7) is 4.51. The van der Waals surface area contributed by atoms with E-state index in [-0.39, 0.29) is 18.0 Å². The number of hydrogen-bond acceptors (Lipinski definition) is 6. The molecular formula is C17H20N4O3. The number of aromatic nitrogens is 2. The zero-order valence-electron chi connectivity index (χ0n) is 13.5. The summed E-state index contributed by atoms with van der Waals surface area (Å²) in [5.74, 6) is 1.10. The number of benzene rings is 1. The van der Waals surface area contributed by atoms with Crippen molar-refractivity contribution in [3.05, 3.63) is 36.2 Å². The lowest BCUT2D eigenvalue weighted by Gasteiger charge is -2.49. The standard InChI is InChI=1S/C17H20N4O3/c1-11-15(12-6-8-21(11)9-7-12)19-16(22)13-2-4-14(5-3-13)24-17-20-18-10-23-17/h2-5,10-12,15H,6-9H2,1H3,(H,19,22). The number of nitrogens with zero attached hydrogens (tertiary/aromatic N) is 3. The molecule has 0 spiro atoms. The van der Waals surface area contributed by atoms with Crippen LogP contribution in [0.4, 0.5) is 0 Å². The van der Waals surface area contributed by atoms with Gasteiger partial charge in [-0.25, -0.2) is 0 Å². The molecule has 2 unspecified atom stereocenters. The van der Waals surface area contributed by atoms with E-state index in [1.165, 1.54) is 19.2 Å². The second kappa shape index (κ2) is 6.24. The van der Waals surface area contributed by atoms with Crippen molar-refractivity contribution in [3.8, 4) is 11.8 Å². The summed E-state index contributed by atoms with van der Waals surface area (Å²) in [6, 6.07) is 7.56. The van der Waals surface area contributed by atoms with Crippen LogP contribution in [0.2, 0.25) is 0 Å². The summed E-state index contributed by atoms with van der Waals surface area (Å²) < 4.78 is 10.3. The molecule has 3 aliphatic heterocycles. The molecule has 7 heteroatoms. The van der Waals surface area contributed by atoms with E-state index in [0.717, 1.165) is 13.1 Å². The molecule has 1 aromatic carbocycles. The first-order valence-corrected chi connectivity index (χ1v) is 8.30. The molecule has 1 N–H and O–H groups in total. The van der Waals surface area contributed by atoms with Crippen LogP contribution in [0.15, 0.2) is 35.1 Å². The molecular weight excluding hydrogens is 308 g/mol. The van der Waals surface area contributed by atoms with Gasteiger partial charge in [0.05, 0.1) is 0 Å². The van der Waals surface area contributed by atoms with Crippen molar-refractivity contribution in [1.29, 1.82) is 0 Å². The minimum atomic E-state index is -0.0371. The minimum Gasteiger partial charge on any atom is -0.410 e. The Morgan fingerprint density at radius 3 is 2.67 bits per heavy atom. The average molecular weight is 328 g/mol. The van der Waals surface area contributed by atoms with E-state index >= 15 is 0 Å². The highest BCUT2D eigenvalue weighted by molar-refractivity contribution is 5.94. The maximum atomic E-state index is 12.6. The molecule has 2 bridgehead atoms. The predicted molar refractivity (Wildman–Crippen MR) is 85.8 cm³/mol. The summed E-state index contributed by atoms with van der Waals surface area (Å²) in [6.07, 6.45) is 3.62. The van der Waals surface area contributed by atoms with E-state index in [0.29, 0.717) is 23.3 Å². The third kappa shape index (κ3) is 2.87. The third-order valence-corrected chi connectivity index (χ3v) is 5.14. The minimum absolute atomic E-state index is 0.0371. The molecule has 0 aliphatic carbocycles. The SMILES string of the molecule is CC1C(NC(=O)c2ccc(Oc3nnco3)cc2)C2CCN1CC2. The topological polar surface area (TPSA) is 80.5 Å². The second-order valence-electron chi connectivity index (χ2n) is 6.44. The first kappa shape index (κ1) is 15.1. The molecule has 3 fully saturated rings. The number of fused-ring (bicyclic) bond motifs is 3. The van der Waals surface area contributed by atoms with E-state index in [1.807, 2.05) is 0 Å². The van der Waals surface area contributed by atoms with Crippen molar-refractivity contribution >= 4 is 5.91 Å². The maximum absolute atomic E-state index is 12.6. The molecule has 0 radical (unpaired) electrons. The highest BCUT2D eigenvalue weighted by Crippen LogP contribution is 2.32. The summed E-state index contributed by atoms with van der Waals surface area (Å²) >= 11 is 0. The fourth-order valence-electron chi connectivity index (χ4n) is 3.76. The molecule has 1 amide bonds. The lowest BCUT2D eigenvalue weighted by atomic mass is 9.79. The molecule has 3 aliphatic rings. The van der Waals surface area contributed by atoms with Crippen molar-refractivity contribution in [2.45, 2.75) is 31.8 Å². The molecule has 126 valence electrons. The number of amides is 1. The van der Waals surface area contributed by atoms with E-state index in [4.69, 9.17) is 9.15 Å². The Balaban J connectivity index is 1.41. The number of ether oxygens (including phenoxy) is 1. The Labute approximate surface area is 140 Å². The fraction of sp³-hybridized carbons (Fsp3) is 0.471. The van der Waals surface area contributed by atoms with Gasteiger partial charge in [-0.2, -0.15) is 0 Å². The second-order valence-corrected chi connectivity index (χ2v) is 6.44. The Morgan fingerprint density at radius 1 is 1.29 bits per heavy atom. The number of rotatable bonds is 4. The van der Waals surface area contributed by atoms with Gasteiger partial charge in [-0.05, 0) is 63.0 Å². The highest BCUT2D eigenvalue weighted by atomic mass is 16.6. The van der Waals surface area contributed by atoms with Crippen LogP contribution in [0, 0.1) is 5.92 Å². The summed E-state index contributed by atoms with van der Waals surface area (Å²) in [5.41, 5.74) is 0.622. The lowest BCUT2D eigenvalue weighted by molar-refractivity contribution is 0.0217. The van der Waals surface area contributed by atoms with Crippen molar-refractivity contribution in [3.63, 3.8) is 0 Å². The highest BCUT2D eigenvalue weighted by Gasteiger charge is 2.40. The number of carbonyl (C=O) groups excluding carboxylic acids is 1. The first-order valence-electron chi connectivity index (χ1n) is 8.30. The largest absolute Gasteiger partial charge is 0.420 e. The van der Waals surface area contributed by atoms with Crippen molar-refractivity contribution in [1.82, 2.24) is 20.4 Å². The smallest absolute Gasteiger partial charge is 0.410 e. The summed E-state index contributed by atoms with van der Waals surface area (Å²) in [4.78, 5) is 15.0. The van der Waals surface area contributed by atoms with Gasteiger partial charge in [-0.15, -0.1) is 5.10 Å². The number of hydrogen-bond donors (Lipinski definition) is 1. The van der Waals surface area contributed by atoms with Gasteiger partial charge >= 0.3 is 6.08 Å². The Hall–Kier alpha value is -2.41. The maximum Gasteiger partial charge on any atom is 0.420 e. The molecule has 2 atom stereocenters. The van der Waals surface area contributed by atoms with Gasteiger partial charge in [0, 0.05) is 17.6 Å². The molecule has 24 heavy (non-hydrogen) atoms. The third-order valence-electron chi connectivity index (χ3n) is 5.14. The van der Waals surface area contributed by atoms with Crippen LogP contribution in [-0.2, 0) is 0 Å². The number of nitrogens with one attached hydrogen (secondary N) is 1. The zero-order chi connectivity index (χ0) is 16.5. The average Bonchev–Trinajstić information content (AvgIpc) is 3.12. The van der Waals surface area contributed by atoms with Crippen LogP contribution in [0.25, 0.3) is 0 Å². The Kier molecular flexibility index (Phi) is 3.93. The number of piperidine rings is 3. The van der Waals surface area contributed by atoms with Crippen LogP contribution >= 0.6 is 0 Å². The molecule has 4 heterocycles. The Bertz CT molecular complexity index is 691. The first-order chi connectivity index (χ1) is 11.7. The normalized spacial score (nSPS) is 28.5. The van der Waals surface area contributed by atoms with Gasteiger partial charge in [0.2, 0.25) is 6.39 Å². The molecule has 0 saturated carbocycles. The van der Waals surface area contributed by atoms with E-state index in [1.54, 1.807) is 24.3 Å². The monoisotopic (exact) mass is 328 g/mol. The van der Waals surface area contributed by atoms with Gasteiger partial charge in [0.15, 0.2) is 0 Å². The summed E-state index contributed by atoms with van der Waals surface area (Å²) in [5, 5.41) is 10.4. The van der Waals surface area contributed by atoms with Gasteiger partial charge in [-0.3, -0.25) is 9.69 Å². The quantitative estimate of drug-likeness (QED) is 0.925. The van der Waals surface area contributed by atoms with Crippen molar-refractivity contribution < 1.29 is 13.9 Å². The summed E-state index contributed by atoms with van der Waals surface area (Å²) in [7, 11) is 0. The van der Waals surface area contributed by atoms with Crippen LogP contribution in [0.1, 0.15) is 30.1 Å². The van der Waals surface area contributed by atoms with Crippen LogP contribution in [0.5, 0.6) is 11.8 Å². The van der Waals surface area contributed by atoms with Crippen LogP contribution < -0.4 is 10.1 Å². The lowest BCUT2D eigenvalue weighted by Crippen LogP contribution is -2.62. The Morgan fingerprint density at radius 2 is 2.04 bits per heavy atom. The van der Waals surface area contributed by atoms with Crippen molar-refractivity contribution in [2.75, 3.05) is 13.1 Å². The van der Waals surface area contributed by atoms with E-state index in [9.17, 15) is 4.79 Å². The van der Waals surface area contributed by atoms with Gasteiger partial charge in [0.25, 0.3) is 5.91 Å². The molecule has 2 aromatic rings. The molecule has 5 rings (SSSR count). The molecule has 1 aromatic heterocycles. The fourth-order valence-corrected chi connectivity index (χ4v) is 3.76. The van der Waals surface area contributed by atoms with Crippen molar-refractivity contribution in [2.24, 2.45) is 5.92 Å². The van der Waals surface area contributed by atoms with E-state index in [2.05, 4.69) is 27.3 Å².